The highest BCUT2D eigenvalue weighted by Gasteiger charge is 2.29. The third-order valence-electron chi connectivity index (χ3n) is 11.0. The van der Waals surface area contributed by atoms with Crippen molar-refractivity contribution in [3.8, 4) is 28.7 Å². The molecule has 2 aliphatic heterocycles. The van der Waals surface area contributed by atoms with E-state index in [1.54, 1.807) is 19.2 Å². The predicted octanol–water partition coefficient (Wildman–Crippen LogP) is 8.45. The van der Waals surface area contributed by atoms with E-state index >= 15 is 0 Å². The maximum absolute atomic E-state index is 14.3. The summed E-state index contributed by atoms with van der Waals surface area (Å²) in [5, 5.41) is 19.3. The molecule has 3 aromatic carbocycles. The van der Waals surface area contributed by atoms with Gasteiger partial charge in [0.2, 0.25) is 5.89 Å². The lowest BCUT2D eigenvalue weighted by Gasteiger charge is -2.22. The molecule has 0 amide bonds. The van der Waals surface area contributed by atoms with Gasteiger partial charge in [-0.25, -0.2) is 23.7 Å². The molecule has 5 heterocycles. The molecule has 1 N–H and O–H groups in total. The van der Waals surface area contributed by atoms with Crippen LogP contribution in [0.1, 0.15) is 66.3 Å². The van der Waals surface area contributed by atoms with Gasteiger partial charge in [0.1, 0.15) is 17.1 Å². The number of carbonyl (C=O) groups is 1. The number of carboxylic acid groups (broad SMARTS) is 1. The van der Waals surface area contributed by atoms with Crippen LogP contribution in [0.2, 0.25) is 0 Å². The second kappa shape index (κ2) is 15.4. The fourth-order valence-corrected chi connectivity index (χ4v) is 8.01. The molecule has 1 atom stereocenters. The number of fused-ring (bicyclic) bond motifs is 3. The number of benzene rings is 3. The average molecular weight is 757 g/mol. The summed E-state index contributed by atoms with van der Waals surface area (Å²) < 4.78 is 34.9. The molecular weight excluding hydrogens is 715 g/mol. The van der Waals surface area contributed by atoms with Gasteiger partial charge in [-0.2, -0.15) is 5.26 Å². The third-order valence-corrected chi connectivity index (χ3v) is 11.0. The van der Waals surface area contributed by atoms with Crippen LogP contribution >= 0.6 is 0 Å². The lowest BCUT2D eigenvalue weighted by molar-refractivity contribution is -0.141. The number of hydrogen-bond donors (Lipinski definition) is 1. The van der Waals surface area contributed by atoms with Gasteiger partial charge in [0.05, 0.1) is 17.0 Å². The zero-order chi connectivity index (χ0) is 39.1. The van der Waals surface area contributed by atoms with Crippen LogP contribution in [0, 0.1) is 24.2 Å². The number of halogens is 2. The minimum atomic E-state index is -2.88. The molecule has 1 fully saturated rings. The van der Waals surface area contributed by atoms with Crippen molar-refractivity contribution in [2.75, 3.05) is 38.1 Å². The normalized spacial score (nSPS) is 15.0. The standard InChI is InChI=1S/C43H42F2N8O3/c1-25(43(54)55)12-16-51(3)23-28-20-34-37(47-22-28)41(50-40(48-34)39(44)45)53-17-13-33-32(10-7-11-36(33)53)30-8-6-9-31(26(30)2)42-49-35-19-27(24-52-14-4-5-15-52)18-29(21-46)38(35)56-42/h6-11,18-20,22,25,39H,4-5,12-17,23-24H2,1-3H3,(H,54,55)/t25-/m0/s1. The first-order valence-corrected chi connectivity index (χ1v) is 19.0. The minimum absolute atomic E-state index is 0.323. The Hall–Kier alpha value is -5.84. The molecule has 0 radical (unpaired) electrons. The molecule has 1 saturated heterocycles. The van der Waals surface area contributed by atoms with Gasteiger partial charge >= 0.3 is 5.97 Å². The van der Waals surface area contributed by atoms with Crippen LogP contribution in [-0.4, -0.2) is 74.0 Å². The van der Waals surface area contributed by atoms with E-state index < -0.39 is 24.1 Å². The molecule has 0 aliphatic carbocycles. The zero-order valence-electron chi connectivity index (χ0n) is 31.6. The van der Waals surface area contributed by atoms with Crippen molar-refractivity contribution < 1.29 is 23.1 Å². The number of likely N-dealkylation sites (tertiary alicyclic amines) is 1. The van der Waals surface area contributed by atoms with Gasteiger partial charge in [0, 0.05) is 37.1 Å². The van der Waals surface area contributed by atoms with E-state index in [4.69, 9.17) is 14.4 Å². The van der Waals surface area contributed by atoms with Crippen molar-refractivity contribution >= 4 is 39.6 Å². The van der Waals surface area contributed by atoms with Crippen LogP contribution in [0.5, 0.6) is 0 Å². The molecule has 286 valence electrons. The quantitative estimate of drug-likeness (QED) is 0.129. The molecule has 2 aliphatic rings. The Morgan fingerprint density at radius 3 is 2.52 bits per heavy atom. The first kappa shape index (κ1) is 37.1. The Kier molecular flexibility index (Phi) is 10.2. The summed E-state index contributed by atoms with van der Waals surface area (Å²) in [5.41, 5.74) is 9.88. The predicted molar refractivity (Wildman–Crippen MR) is 210 cm³/mol. The molecule has 8 rings (SSSR count). The number of alkyl halides is 2. The number of aliphatic carboxylic acids is 1. The lowest BCUT2D eigenvalue weighted by atomic mass is 9.92. The number of carboxylic acids is 1. The average Bonchev–Trinajstić information content (AvgIpc) is 3.97. The zero-order valence-corrected chi connectivity index (χ0v) is 31.6. The van der Waals surface area contributed by atoms with Crippen molar-refractivity contribution in [2.45, 2.75) is 59.0 Å². The Balaban J connectivity index is 1.11. The maximum atomic E-state index is 14.3. The maximum Gasteiger partial charge on any atom is 0.306 e. The number of oxazole rings is 1. The summed E-state index contributed by atoms with van der Waals surface area (Å²) in [6.07, 6.45) is 2.33. The van der Waals surface area contributed by atoms with Crippen molar-refractivity contribution in [1.82, 2.24) is 29.7 Å². The molecule has 0 bridgehead atoms. The summed E-state index contributed by atoms with van der Waals surface area (Å²) in [4.78, 5) is 35.8. The second-order valence-electron chi connectivity index (χ2n) is 15.0. The van der Waals surface area contributed by atoms with E-state index in [0.29, 0.717) is 71.9 Å². The summed E-state index contributed by atoms with van der Waals surface area (Å²) >= 11 is 0. The van der Waals surface area contributed by atoms with Crippen LogP contribution in [0.3, 0.4) is 0 Å². The summed E-state index contributed by atoms with van der Waals surface area (Å²) in [6.45, 7) is 8.11. The molecule has 56 heavy (non-hydrogen) atoms. The molecule has 0 unspecified atom stereocenters. The van der Waals surface area contributed by atoms with Gasteiger partial charge < -0.3 is 19.3 Å². The fourth-order valence-electron chi connectivity index (χ4n) is 8.01. The van der Waals surface area contributed by atoms with Gasteiger partial charge in [-0.3, -0.25) is 14.7 Å². The van der Waals surface area contributed by atoms with Crippen LogP contribution in [0.25, 0.3) is 44.7 Å². The van der Waals surface area contributed by atoms with Crippen LogP contribution < -0.4 is 4.90 Å². The number of hydrogen-bond acceptors (Lipinski definition) is 10. The van der Waals surface area contributed by atoms with Gasteiger partial charge in [0.25, 0.3) is 6.43 Å². The molecule has 13 heteroatoms. The van der Waals surface area contributed by atoms with Gasteiger partial charge in [0.15, 0.2) is 17.2 Å². The van der Waals surface area contributed by atoms with E-state index in [0.717, 1.165) is 64.3 Å². The topological polar surface area (TPSA) is 136 Å². The Morgan fingerprint density at radius 1 is 1.00 bits per heavy atom. The first-order valence-electron chi connectivity index (χ1n) is 19.0. The monoisotopic (exact) mass is 756 g/mol. The Bertz CT molecular complexity index is 2510. The molecule has 0 saturated carbocycles. The lowest BCUT2D eigenvalue weighted by Crippen LogP contribution is -2.23. The first-order chi connectivity index (χ1) is 27.1. The third kappa shape index (κ3) is 7.18. The molecule has 3 aromatic heterocycles. The van der Waals surface area contributed by atoms with E-state index in [-0.39, 0.29) is 0 Å². The highest BCUT2D eigenvalue weighted by molar-refractivity contribution is 5.92. The van der Waals surface area contributed by atoms with Crippen molar-refractivity contribution in [1.29, 1.82) is 5.26 Å². The van der Waals surface area contributed by atoms with E-state index in [9.17, 15) is 23.9 Å². The summed E-state index contributed by atoms with van der Waals surface area (Å²) in [7, 11) is 1.88. The SMILES string of the molecule is Cc1c(-c2nc3cc(CN4CCCC4)cc(C#N)c3o2)cccc1-c1cccc2c1CCN2c1nc(C(F)F)nc2cc(CN(C)CC[C@H](C)C(=O)O)cnc12. The highest BCUT2D eigenvalue weighted by Crippen LogP contribution is 2.43. The summed E-state index contributed by atoms with van der Waals surface area (Å²) in [6, 6.07) is 20.0. The van der Waals surface area contributed by atoms with E-state index in [2.05, 4.69) is 33.1 Å². The van der Waals surface area contributed by atoms with Crippen LogP contribution in [0.15, 0.2) is 65.2 Å². The van der Waals surface area contributed by atoms with Crippen molar-refractivity contribution in [3.05, 3.63) is 94.4 Å². The number of aromatic nitrogens is 4. The van der Waals surface area contributed by atoms with Crippen LogP contribution in [-0.2, 0) is 24.3 Å². The van der Waals surface area contributed by atoms with Crippen LogP contribution in [0.4, 0.5) is 20.3 Å². The smallest absolute Gasteiger partial charge is 0.306 e. The summed E-state index contributed by atoms with van der Waals surface area (Å²) in [5.74, 6) is -1.11. The van der Waals surface area contributed by atoms with Crippen molar-refractivity contribution in [2.24, 2.45) is 5.92 Å². The van der Waals surface area contributed by atoms with Crippen molar-refractivity contribution in [3.63, 3.8) is 0 Å². The van der Waals surface area contributed by atoms with Gasteiger partial charge in [-0.1, -0.05) is 31.2 Å². The fraction of sp³-hybridized carbons (Fsp3) is 0.349. The number of nitriles is 1. The highest BCUT2D eigenvalue weighted by atomic mass is 19.3. The largest absolute Gasteiger partial charge is 0.481 e. The number of pyridine rings is 1. The minimum Gasteiger partial charge on any atom is -0.481 e. The molecule has 0 spiro atoms. The molecule has 11 nitrogen and oxygen atoms in total. The van der Waals surface area contributed by atoms with Gasteiger partial charge in [-0.05, 0) is 123 Å². The van der Waals surface area contributed by atoms with E-state index in [1.165, 1.54) is 12.8 Å². The molecule has 6 aromatic rings. The molecular formula is C43H42F2N8O3. The number of rotatable bonds is 12. The number of nitrogens with zero attached hydrogens (tertiary/aromatic N) is 8. The second-order valence-corrected chi connectivity index (χ2v) is 15.0. The van der Waals surface area contributed by atoms with Gasteiger partial charge in [-0.15, -0.1) is 0 Å². The Morgan fingerprint density at radius 2 is 1.75 bits per heavy atom. The Labute approximate surface area is 323 Å². The van der Waals surface area contributed by atoms with E-state index in [1.807, 2.05) is 60.2 Å². The number of anilines is 2.